The number of hydrogen-bond donors (Lipinski definition) is 1. The van der Waals surface area contributed by atoms with E-state index in [0.29, 0.717) is 6.54 Å². The van der Waals surface area contributed by atoms with Gasteiger partial charge < -0.3 is 5.32 Å². The lowest BCUT2D eigenvalue weighted by molar-refractivity contribution is -0.126. The van der Waals surface area contributed by atoms with Crippen LogP contribution < -0.4 is 5.32 Å². The van der Waals surface area contributed by atoms with E-state index in [2.05, 4.69) is 22.3 Å². The van der Waals surface area contributed by atoms with Crippen LogP contribution in [0.5, 0.6) is 0 Å². The molecule has 1 fully saturated rings. The summed E-state index contributed by atoms with van der Waals surface area (Å²) in [4.78, 5) is 14.7. The third kappa shape index (κ3) is 5.40. The van der Waals surface area contributed by atoms with Crippen LogP contribution in [0.3, 0.4) is 0 Å². The van der Waals surface area contributed by atoms with Gasteiger partial charge in [-0.25, -0.2) is 4.39 Å². The molecule has 2 aromatic carbocycles. The summed E-state index contributed by atoms with van der Waals surface area (Å²) in [6.07, 6.45) is 2.83. The van der Waals surface area contributed by atoms with Gasteiger partial charge in [0.2, 0.25) is 5.91 Å². The molecule has 0 bridgehead atoms. The minimum absolute atomic E-state index is 0.0463. The van der Waals surface area contributed by atoms with Gasteiger partial charge in [0.15, 0.2) is 0 Å². The highest BCUT2D eigenvalue weighted by Crippen LogP contribution is 2.19. The zero-order valence-electron chi connectivity index (χ0n) is 14.5. The van der Waals surface area contributed by atoms with Gasteiger partial charge in [0.1, 0.15) is 5.82 Å². The molecule has 0 radical (unpaired) electrons. The summed E-state index contributed by atoms with van der Waals surface area (Å²) >= 11 is 0. The van der Waals surface area contributed by atoms with E-state index in [9.17, 15) is 9.18 Å². The van der Waals surface area contributed by atoms with Crippen molar-refractivity contribution >= 4 is 5.91 Å². The van der Waals surface area contributed by atoms with E-state index < -0.39 is 0 Å². The second-order valence-electron chi connectivity index (χ2n) is 6.73. The number of likely N-dealkylation sites (tertiary alicyclic amines) is 1. The average molecular weight is 340 g/mol. The van der Waals surface area contributed by atoms with E-state index in [0.717, 1.165) is 44.5 Å². The number of rotatable bonds is 6. The highest BCUT2D eigenvalue weighted by atomic mass is 19.1. The van der Waals surface area contributed by atoms with Crippen LogP contribution in [0.4, 0.5) is 4.39 Å². The van der Waals surface area contributed by atoms with Gasteiger partial charge in [0.05, 0.1) is 5.92 Å². The first-order valence-electron chi connectivity index (χ1n) is 8.99. The van der Waals surface area contributed by atoms with Gasteiger partial charge in [0, 0.05) is 19.6 Å². The predicted octanol–water partition coefficient (Wildman–Crippen LogP) is 3.40. The Hall–Kier alpha value is -2.20. The lowest BCUT2D eigenvalue weighted by Crippen LogP contribution is -2.43. The van der Waals surface area contributed by atoms with Crippen LogP contribution in [0.25, 0.3) is 0 Å². The molecule has 3 nitrogen and oxygen atoms in total. The molecule has 3 rings (SSSR count). The SMILES string of the molecule is O=C(NCCc1ccccc1)[C@@H]1CCCN(Cc2ccc(F)cc2)C1. The Bertz CT molecular complexity index is 672. The molecular formula is C21H25FN2O. The number of piperidine rings is 1. The van der Waals surface area contributed by atoms with Crippen LogP contribution in [0, 0.1) is 11.7 Å². The molecule has 1 atom stereocenters. The second-order valence-corrected chi connectivity index (χ2v) is 6.73. The smallest absolute Gasteiger partial charge is 0.224 e. The van der Waals surface area contributed by atoms with E-state index in [1.54, 1.807) is 0 Å². The number of benzene rings is 2. The fourth-order valence-electron chi connectivity index (χ4n) is 3.38. The summed E-state index contributed by atoms with van der Waals surface area (Å²) in [5.41, 5.74) is 2.33. The number of carbonyl (C=O) groups excluding carboxylic acids is 1. The summed E-state index contributed by atoms with van der Waals surface area (Å²) in [5.74, 6) is -0.0113. The van der Waals surface area contributed by atoms with Crippen molar-refractivity contribution in [1.29, 1.82) is 0 Å². The number of halogens is 1. The first kappa shape index (κ1) is 17.6. The van der Waals surface area contributed by atoms with Crippen LogP contribution in [-0.2, 0) is 17.8 Å². The first-order chi connectivity index (χ1) is 12.2. The van der Waals surface area contributed by atoms with E-state index >= 15 is 0 Å². The molecule has 0 spiro atoms. The molecule has 1 saturated heterocycles. The quantitative estimate of drug-likeness (QED) is 0.874. The van der Waals surface area contributed by atoms with Crippen LogP contribution in [0.1, 0.15) is 24.0 Å². The molecule has 1 heterocycles. The van der Waals surface area contributed by atoms with Crippen molar-refractivity contribution in [3.05, 3.63) is 71.5 Å². The summed E-state index contributed by atoms with van der Waals surface area (Å²) in [6, 6.07) is 16.8. The maximum atomic E-state index is 13.0. The molecule has 2 aromatic rings. The molecule has 132 valence electrons. The number of nitrogens with one attached hydrogen (secondary N) is 1. The first-order valence-corrected chi connectivity index (χ1v) is 8.99. The van der Waals surface area contributed by atoms with Gasteiger partial charge in [0.25, 0.3) is 0 Å². The highest BCUT2D eigenvalue weighted by molar-refractivity contribution is 5.78. The lowest BCUT2D eigenvalue weighted by atomic mass is 9.96. The normalized spacial score (nSPS) is 18.0. The van der Waals surface area contributed by atoms with E-state index in [-0.39, 0.29) is 17.6 Å². The number of hydrogen-bond acceptors (Lipinski definition) is 2. The average Bonchev–Trinajstić information content (AvgIpc) is 2.65. The zero-order valence-corrected chi connectivity index (χ0v) is 14.5. The van der Waals surface area contributed by atoms with Crippen LogP contribution >= 0.6 is 0 Å². The Kier molecular flexibility index (Phi) is 6.18. The molecule has 1 N–H and O–H groups in total. The molecular weight excluding hydrogens is 315 g/mol. The van der Waals surface area contributed by atoms with Gasteiger partial charge in [-0.15, -0.1) is 0 Å². The van der Waals surface area contributed by atoms with Gasteiger partial charge in [-0.05, 0) is 49.1 Å². The standard InChI is InChI=1S/C21H25FN2O/c22-20-10-8-18(9-11-20)15-24-14-4-7-19(16-24)21(25)23-13-12-17-5-2-1-3-6-17/h1-3,5-6,8-11,19H,4,7,12-16H2,(H,23,25)/t19-/m1/s1. The number of nitrogens with zero attached hydrogens (tertiary/aromatic N) is 1. The van der Waals surface area contributed by atoms with Crippen LogP contribution in [0.15, 0.2) is 54.6 Å². The van der Waals surface area contributed by atoms with Gasteiger partial charge in [-0.2, -0.15) is 0 Å². The largest absolute Gasteiger partial charge is 0.355 e. The van der Waals surface area contributed by atoms with Crippen molar-refractivity contribution in [2.24, 2.45) is 5.92 Å². The topological polar surface area (TPSA) is 32.3 Å². The predicted molar refractivity (Wildman–Crippen MR) is 97.6 cm³/mol. The highest BCUT2D eigenvalue weighted by Gasteiger charge is 2.25. The molecule has 0 unspecified atom stereocenters. The Morgan fingerprint density at radius 2 is 1.84 bits per heavy atom. The van der Waals surface area contributed by atoms with Gasteiger partial charge >= 0.3 is 0 Å². The third-order valence-corrected chi connectivity index (χ3v) is 4.75. The molecule has 0 aliphatic carbocycles. The Balaban J connectivity index is 1.45. The molecule has 1 aliphatic heterocycles. The summed E-state index contributed by atoms with van der Waals surface area (Å²) in [5, 5.41) is 3.08. The molecule has 25 heavy (non-hydrogen) atoms. The zero-order chi connectivity index (χ0) is 17.5. The second kappa shape index (κ2) is 8.77. The van der Waals surface area contributed by atoms with Crippen molar-refractivity contribution in [1.82, 2.24) is 10.2 Å². The van der Waals surface area contributed by atoms with E-state index in [1.807, 2.05) is 30.3 Å². The third-order valence-electron chi connectivity index (χ3n) is 4.75. The fraction of sp³-hybridized carbons (Fsp3) is 0.381. The van der Waals surface area contributed by atoms with Crippen molar-refractivity contribution in [2.45, 2.75) is 25.8 Å². The molecule has 4 heteroatoms. The van der Waals surface area contributed by atoms with Crippen molar-refractivity contribution in [3.8, 4) is 0 Å². The maximum absolute atomic E-state index is 13.0. The number of amides is 1. The maximum Gasteiger partial charge on any atom is 0.224 e. The Labute approximate surface area is 148 Å². The summed E-state index contributed by atoms with van der Waals surface area (Å²) < 4.78 is 13.0. The molecule has 1 amide bonds. The summed E-state index contributed by atoms with van der Waals surface area (Å²) in [6.45, 7) is 3.21. The van der Waals surface area contributed by atoms with Gasteiger partial charge in [-0.1, -0.05) is 42.5 Å². The van der Waals surface area contributed by atoms with Crippen LogP contribution in [0.2, 0.25) is 0 Å². The fourth-order valence-corrected chi connectivity index (χ4v) is 3.38. The van der Waals surface area contributed by atoms with Crippen LogP contribution in [-0.4, -0.2) is 30.4 Å². The minimum Gasteiger partial charge on any atom is -0.355 e. The Morgan fingerprint density at radius 1 is 1.08 bits per heavy atom. The number of carbonyl (C=O) groups is 1. The van der Waals surface area contributed by atoms with Crippen molar-refractivity contribution in [3.63, 3.8) is 0 Å². The monoisotopic (exact) mass is 340 g/mol. The summed E-state index contributed by atoms with van der Waals surface area (Å²) in [7, 11) is 0. The van der Waals surface area contributed by atoms with Crippen molar-refractivity contribution in [2.75, 3.05) is 19.6 Å². The van der Waals surface area contributed by atoms with E-state index in [4.69, 9.17) is 0 Å². The Morgan fingerprint density at radius 3 is 2.60 bits per heavy atom. The molecule has 0 aromatic heterocycles. The molecule has 0 saturated carbocycles. The molecule has 1 aliphatic rings. The van der Waals surface area contributed by atoms with Gasteiger partial charge in [-0.3, -0.25) is 9.69 Å². The van der Waals surface area contributed by atoms with Crippen molar-refractivity contribution < 1.29 is 9.18 Å². The lowest BCUT2D eigenvalue weighted by Gasteiger charge is -2.32. The van der Waals surface area contributed by atoms with E-state index in [1.165, 1.54) is 17.7 Å². The minimum atomic E-state index is -0.210.